The van der Waals surface area contributed by atoms with E-state index in [0.717, 1.165) is 37.6 Å². The smallest absolute Gasteiger partial charge is 0.278 e. The number of carbonyl (C=O) groups is 2. The monoisotopic (exact) mass is 450 g/mol. The van der Waals surface area contributed by atoms with Crippen molar-refractivity contribution in [2.75, 3.05) is 70.8 Å². The van der Waals surface area contributed by atoms with Crippen LogP contribution in [-0.4, -0.2) is 82.2 Å². The van der Waals surface area contributed by atoms with Crippen molar-refractivity contribution >= 4 is 28.8 Å². The predicted molar refractivity (Wildman–Crippen MR) is 128 cm³/mol. The van der Waals surface area contributed by atoms with Crippen molar-refractivity contribution in [3.63, 3.8) is 0 Å². The van der Waals surface area contributed by atoms with E-state index in [-0.39, 0.29) is 30.7 Å². The van der Waals surface area contributed by atoms with E-state index in [1.165, 1.54) is 4.90 Å². The van der Waals surface area contributed by atoms with Crippen LogP contribution >= 0.6 is 0 Å². The molecule has 8 nitrogen and oxygen atoms in total. The molecule has 0 aliphatic carbocycles. The van der Waals surface area contributed by atoms with Gasteiger partial charge in [-0.2, -0.15) is 0 Å². The summed E-state index contributed by atoms with van der Waals surface area (Å²) in [6, 6.07) is 15.1. The maximum Gasteiger partial charge on any atom is 0.278 e. The summed E-state index contributed by atoms with van der Waals surface area (Å²) in [6.07, 6.45) is 0. The van der Waals surface area contributed by atoms with E-state index in [9.17, 15) is 9.59 Å². The number of piperazine rings is 1. The molecule has 1 fully saturated rings. The topological polar surface area (TPSA) is 74.3 Å². The molecule has 174 valence electrons. The van der Waals surface area contributed by atoms with E-state index in [0.29, 0.717) is 16.9 Å². The molecule has 0 spiro atoms. The maximum absolute atomic E-state index is 13.2. The third-order valence-corrected chi connectivity index (χ3v) is 6.07. The number of imide groups is 1. The molecule has 0 saturated carbocycles. The molecule has 2 amide bonds. The number of amides is 2. The van der Waals surface area contributed by atoms with Gasteiger partial charge in [0, 0.05) is 44.7 Å². The first-order valence-corrected chi connectivity index (χ1v) is 11.1. The van der Waals surface area contributed by atoms with Crippen LogP contribution in [0.3, 0.4) is 0 Å². The van der Waals surface area contributed by atoms with Gasteiger partial charge in [-0.3, -0.25) is 14.5 Å². The Labute approximate surface area is 194 Å². The molecule has 0 radical (unpaired) electrons. The van der Waals surface area contributed by atoms with E-state index in [4.69, 9.17) is 9.47 Å². The molecule has 2 heterocycles. The van der Waals surface area contributed by atoms with E-state index in [1.54, 1.807) is 38.5 Å². The van der Waals surface area contributed by atoms with Crippen molar-refractivity contribution in [1.82, 2.24) is 9.80 Å². The maximum atomic E-state index is 13.2. The molecule has 2 aliphatic rings. The molecule has 0 atom stereocenters. The molecule has 8 heteroatoms. The summed E-state index contributed by atoms with van der Waals surface area (Å²) in [6.45, 7) is 4.51. The van der Waals surface area contributed by atoms with Gasteiger partial charge in [-0.1, -0.05) is 12.1 Å². The van der Waals surface area contributed by atoms with Crippen LogP contribution in [0.25, 0.3) is 5.57 Å². The Hall–Kier alpha value is -3.36. The minimum atomic E-state index is -0.356. The van der Waals surface area contributed by atoms with E-state index in [1.807, 2.05) is 24.3 Å². The minimum Gasteiger partial charge on any atom is -0.497 e. The molecule has 2 aromatic rings. The molecule has 2 aliphatic heterocycles. The van der Waals surface area contributed by atoms with Crippen molar-refractivity contribution < 1.29 is 19.1 Å². The summed E-state index contributed by atoms with van der Waals surface area (Å²) in [4.78, 5) is 32.2. The van der Waals surface area contributed by atoms with Gasteiger partial charge < -0.3 is 24.6 Å². The van der Waals surface area contributed by atoms with Crippen LogP contribution in [0.4, 0.5) is 11.4 Å². The molecule has 0 aromatic heterocycles. The quantitative estimate of drug-likeness (QED) is 0.619. The summed E-state index contributed by atoms with van der Waals surface area (Å²) in [7, 11) is 5.27. The number of likely N-dealkylation sites (N-methyl/N-ethyl adjacent to an activating group) is 1. The summed E-state index contributed by atoms with van der Waals surface area (Å²) in [5.74, 6) is -0.00819. The molecule has 1 saturated heterocycles. The van der Waals surface area contributed by atoms with E-state index < -0.39 is 0 Å². The Morgan fingerprint density at radius 2 is 1.55 bits per heavy atom. The number of methoxy groups -OCH3 is 2. The molecule has 1 N–H and O–H groups in total. The third kappa shape index (κ3) is 4.86. The lowest BCUT2D eigenvalue weighted by molar-refractivity contribution is -0.137. The molecule has 0 unspecified atom stereocenters. The third-order valence-electron chi connectivity index (χ3n) is 6.07. The van der Waals surface area contributed by atoms with Crippen molar-refractivity contribution in [1.29, 1.82) is 0 Å². The van der Waals surface area contributed by atoms with Gasteiger partial charge in [0.2, 0.25) is 0 Å². The number of rotatable bonds is 8. The van der Waals surface area contributed by atoms with Crippen LogP contribution in [-0.2, 0) is 14.3 Å². The number of nitrogens with zero attached hydrogens (tertiary/aromatic N) is 3. The van der Waals surface area contributed by atoms with Gasteiger partial charge >= 0.3 is 0 Å². The normalized spacial score (nSPS) is 17.2. The Kier molecular flexibility index (Phi) is 6.96. The largest absolute Gasteiger partial charge is 0.497 e. The summed E-state index contributed by atoms with van der Waals surface area (Å²) in [5, 5.41) is 3.21. The molecule has 33 heavy (non-hydrogen) atoms. The first kappa shape index (κ1) is 22.8. The van der Waals surface area contributed by atoms with Crippen LogP contribution in [0.2, 0.25) is 0 Å². The van der Waals surface area contributed by atoms with Crippen molar-refractivity contribution in [3.8, 4) is 5.75 Å². The average Bonchev–Trinajstić information content (AvgIpc) is 3.07. The SMILES string of the molecule is COCCN1C(=O)C(Nc2ccc(N3CCN(C)CC3)cc2)=C(c2ccc(OC)cc2)C1=O. The number of benzene rings is 2. The lowest BCUT2D eigenvalue weighted by Crippen LogP contribution is -2.44. The van der Waals surface area contributed by atoms with Gasteiger partial charge in [0.05, 0.1) is 25.8 Å². The highest BCUT2D eigenvalue weighted by atomic mass is 16.5. The standard InChI is InChI=1S/C25H30N4O4/c1-27-12-14-28(15-13-27)20-8-6-19(7-9-20)26-23-22(18-4-10-21(33-3)11-5-18)24(30)29(25(23)31)16-17-32-2/h4-11,26H,12-17H2,1-3H3. The van der Waals surface area contributed by atoms with Crippen LogP contribution in [0, 0.1) is 0 Å². The van der Waals surface area contributed by atoms with Gasteiger partial charge in [-0.25, -0.2) is 0 Å². The van der Waals surface area contributed by atoms with Crippen molar-refractivity contribution in [3.05, 3.63) is 59.8 Å². The predicted octanol–water partition coefficient (Wildman–Crippen LogP) is 2.29. The number of nitrogens with one attached hydrogen (secondary N) is 1. The first-order valence-electron chi connectivity index (χ1n) is 11.1. The zero-order valence-electron chi connectivity index (χ0n) is 19.3. The van der Waals surface area contributed by atoms with Crippen LogP contribution in [0.1, 0.15) is 5.56 Å². The molecular weight excluding hydrogens is 420 g/mol. The van der Waals surface area contributed by atoms with Crippen molar-refractivity contribution in [2.24, 2.45) is 0 Å². The number of ether oxygens (including phenoxy) is 2. The Morgan fingerprint density at radius 3 is 2.15 bits per heavy atom. The summed E-state index contributed by atoms with van der Waals surface area (Å²) < 4.78 is 10.3. The Morgan fingerprint density at radius 1 is 0.879 bits per heavy atom. The Balaban J connectivity index is 1.60. The summed E-state index contributed by atoms with van der Waals surface area (Å²) >= 11 is 0. The lowest BCUT2D eigenvalue weighted by atomic mass is 10.0. The second-order valence-corrected chi connectivity index (χ2v) is 8.20. The fourth-order valence-electron chi connectivity index (χ4n) is 4.07. The highest BCUT2D eigenvalue weighted by Gasteiger charge is 2.39. The first-order chi connectivity index (χ1) is 16.0. The highest BCUT2D eigenvalue weighted by molar-refractivity contribution is 6.36. The fourth-order valence-corrected chi connectivity index (χ4v) is 4.07. The van der Waals surface area contributed by atoms with Gasteiger partial charge in [0.15, 0.2) is 0 Å². The number of anilines is 2. The second kappa shape index (κ2) is 10.1. The van der Waals surface area contributed by atoms with Crippen LogP contribution < -0.4 is 15.0 Å². The highest BCUT2D eigenvalue weighted by Crippen LogP contribution is 2.32. The fraction of sp³-hybridized carbons (Fsp3) is 0.360. The van der Waals surface area contributed by atoms with Gasteiger partial charge in [-0.05, 0) is 49.0 Å². The van der Waals surface area contributed by atoms with Gasteiger partial charge in [0.1, 0.15) is 11.4 Å². The second-order valence-electron chi connectivity index (χ2n) is 8.20. The molecule has 4 rings (SSSR count). The zero-order valence-corrected chi connectivity index (χ0v) is 19.3. The van der Waals surface area contributed by atoms with Crippen LogP contribution in [0.5, 0.6) is 5.75 Å². The zero-order chi connectivity index (χ0) is 23.4. The van der Waals surface area contributed by atoms with Gasteiger partial charge in [-0.15, -0.1) is 0 Å². The minimum absolute atomic E-state index is 0.196. The summed E-state index contributed by atoms with van der Waals surface area (Å²) in [5.41, 5.74) is 3.18. The van der Waals surface area contributed by atoms with E-state index in [2.05, 4.69) is 22.2 Å². The van der Waals surface area contributed by atoms with E-state index >= 15 is 0 Å². The van der Waals surface area contributed by atoms with Gasteiger partial charge in [0.25, 0.3) is 11.8 Å². The number of hydrogen-bond acceptors (Lipinski definition) is 7. The number of carbonyl (C=O) groups excluding carboxylic acids is 2. The van der Waals surface area contributed by atoms with Crippen LogP contribution in [0.15, 0.2) is 54.2 Å². The Bertz CT molecular complexity index is 1030. The average molecular weight is 451 g/mol. The molecule has 2 aromatic carbocycles. The molecule has 0 bridgehead atoms. The molecular formula is C25H30N4O4. The van der Waals surface area contributed by atoms with Crippen molar-refractivity contribution in [2.45, 2.75) is 0 Å². The lowest BCUT2D eigenvalue weighted by Gasteiger charge is -2.34. The number of hydrogen-bond donors (Lipinski definition) is 1.